The molecule has 0 aromatic carbocycles. The third kappa shape index (κ3) is 4.92. The van der Waals surface area contributed by atoms with Crippen molar-refractivity contribution in [3.05, 3.63) is 23.4 Å². The van der Waals surface area contributed by atoms with Crippen LogP contribution in [-0.4, -0.2) is 35.4 Å². The van der Waals surface area contributed by atoms with Crippen LogP contribution < -0.4 is 21.7 Å². The van der Waals surface area contributed by atoms with Crippen LogP contribution in [0.1, 0.15) is 37.9 Å². The van der Waals surface area contributed by atoms with E-state index in [1.165, 1.54) is 0 Å². The maximum Gasteiger partial charge on any atom is 0.242 e. The quantitative estimate of drug-likeness (QED) is 0.627. The summed E-state index contributed by atoms with van der Waals surface area (Å²) in [5.74, 6) is 0.641. The molecule has 1 aromatic heterocycles. The molecule has 7 heteroatoms. The first-order valence-electron chi connectivity index (χ1n) is 8.40. The van der Waals surface area contributed by atoms with Crippen molar-refractivity contribution in [1.82, 2.24) is 20.9 Å². The molecular weight excluding hydrogens is 306 g/mol. The van der Waals surface area contributed by atoms with Gasteiger partial charge in [0.1, 0.15) is 11.9 Å². The molecule has 0 aliphatic carbocycles. The molecule has 24 heavy (non-hydrogen) atoms. The molecule has 0 saturated carbocycles. The summed E-state index contributed by atoms with van der Waals surface area (Å²) in [7, 11) is 0. The Morgan fingerprint density at radius 1 is 1.46 bits per heavy atom. The van der Waals surface area contributed by atoms with Gasteiger partial charge < -0.3 is 21.7 Å². The Morgan fingerprint density at radius 2 is 2.21 bits per heavy atom. The number of nitrogen functional groups attached to an aromatic ring is 1. The Labute approximate surface area is 142 Å². The molecule has 1 fully saturated rings. The van der Waals surface area contributed by atoms with E-state index in [4.69, 9.17) is 5.73 Å². The molecule has 0 bridgehead atoms. The van der Waals surface area contributed by atoms with E-state index in [-0.39, 0.29) is 17.9 Å². The number of nitrogens with zero attached hydrogens (tertiary/aromatic N) is 1. The van der Waals surface area contributed by atoms with Crippen LogP contribution >= 0.6 is 0 Å². The fraction of sp³-hybridized carbons (Fsp3) is 0.588. The normalized spacial score (nSPS) is 21.8. The van der Waals surface area contributed by atoms with Crippen molar-refractivity contribution in [2.45, 2.75) is 52.2 Å². The van der Waals surface area contributed by atoms with Crippen molar-refractivity contribution < 1.29 is 9.59 Å². The molecule has 0 radical (unpaired) electrons. The zero-order valence-electron chi connectivity index (χ0n) is 14.6. The lowest BCUT2D eigenvalue weighted by molar-refractivity contribution is -0.130. The lowest BCUT2D eigenvalue weighted by Crippen LogP contribution is -2.53. The standard InChI is InChI=1S/C17H27N5O2/c1-10-6-7-19-14(8-10)17(24)22-12(3)16(23)20-9-13-4-5-15(18)21-11(13)2/h4-5,10,12,14,19H,6-9H2,1-3H3,(H2,18,21)(H,20,23)(H,22,24)/t10-,12-,14+/m0/s1. The molecule has 2 rings (SSSR count). The average molecular weight is 333 g/mol. The van der Waals surface area contributed by atoms with Gasteiger partial charge in [-0.05, 0) is 50.8 Å². The van der Waals surface area contributed by atoms with Crippen molar-refractivity contribution in [3.8, 4) is 0 Å². The van der Waals surface area contributed by atoms with E-state index in [1.807, 2.05) is 13.0 Å². The number of pyridine rings is 1. The first kappa shape index (κ1) is 18.2. The van der Waals surface area contributed by atoms with Crippen LogP contribution in [0.5, 0.6) is 0 Å². The molecule has 2 amide bonds. The SMILES string of the molecule is Cc1nc(N)ccc1CNC(=O)[C@H](C)NC(=O)[C@H]1C[C@@H](C)CCN1. The average Bonchev–Trinajstić information content (AvgIpc) is 2.53. The van der Waals surface area contributed by atoms with Crippen molar-refractivity contribution in [3.63, 3.8) is 0 Å². The second-order valence-corrected chi connectivity index (χ2v) is 6.56. The minimum atomic E-state index is -0.585. The minimum Gasteiger partial charge on any atom is -0.384 e. The Morgan fingerprint density at radius 3 is 2.88 bits per heavy atom. The van der Waals surface area contributed by atoms with E-state index in [1.54, 1.807) is 13.0 Å². The van der Waals surface area contributed by atoms with Crippen LogP contribution in [0.15, 0.2) is 12.1 Å². The van der Waals surface area contributed by atoms with Crippen LogP contribution in [0.2, 0.25) is 0 Å². The van der Waals surface area contributed by atoms with Gasteiger partial charge in [-0.3, -0.25) is 9.59 Å². The number of piperidine rings is 1. The maximum atomic E-state index is 12.2. The molecule has 1 saturated heterocycles. The number of nitrogens with one attached hydrogen (secondary N) is 3. The molecule has 0 spiro atoms. The summed E-state index contributed by atoms with van der Waals surface area (Å²) in [5.41, 5.74) is 7.30. The summed E-state index contributed by atoms with van der Waals surface area (Å²) in [4.78, 5) is 28.6. The van der Waals surface area contributed by atoms with Crippen LogP contribution in [0.25, 0.3) is 0 Å². The topological polar surface area (TPSA) is 109 Å². The van der Waals surface area contributed by atoms with Gasteiger partial charge >= 0.3 is 0 Å². The Bertz CT molecular complexity index is 605. The second-order valence-electron chi connectivity index (χ2n) is 6.56. The van der Waals surface area contributed by atoms with Crippen LogP contribution in [0.4, 0.5) is 5.82 Å². The molecular formula is C17H27N5O2. The van der Waals surface area contributed by atoms with Gasteiger partial charge in [-0.1, -0.05) is 13.0 Å². The van der Waals surface area contributed by atoms with Gasteiger partial charge in [0.05, 0.1) is 6.04 Å². The van der Waals surface area contributed by atoms with Crippen molar-refractivity contribution >= 4 is 17.6 Å². The Hall–Kier alpha value is -2.15. The Balaban J connectivity index is 1.82. The van der Waals surface area contributed by atoms with Gasteiger partial charge in [0.15, 0.2) is 0 Å². The number of carbonyl (C=O) groups is 2. The molecule has 2 heterocycles. The monoisotopic (exact) mass is 333 g/mol. The highest BCUT2D eigenvalue weighted by molar-refractivity contribution is 5.89. The second kappa shape index (κ2) is 8.10. The zero-order chi connectivity index (χ0) is 17.7. The van der Waals surface area contributed by atoms with Gasteiger partial charge in [-0.25, -0.2) is 4.98 Å². The van der Waals surface area contributed by atoms with Crippen molar-refractivity contribution in [2.75, 3.05) is 12.3 Å². The number of aromatic nitrogens is 1. The number of hydrogen-bond donors (Lipinski definition) is 4. The molecule has 7 nitrogen and oxygen atoms in total. The summed E-state index contributed by atoms with van der Waals surface area (Å²) in [5, 5.41) is 8.80. The molecule has 1 aliphatic heterocycles. The number of aryl methyl sites for hydroxylation is 1. The third-order valence-electron chi connectivity index (χ3n) is 4.40. The summed E-state index contributed by atoms with van der Waals surface area (Å²) >= 11 is 0. The van der Waals surface area contributed by atoms with E-state index >= 15 is 0 Å². The summed E-state index contributed by atoms with van der Waals surface area (Å²) in [6.45, 7) is 6.87. The fourth-order valence-electron chi connectivity index (χ4n) is 2.82. The smallest absolute Gasteiger partial charge is 0.242 e. The maximum absolute atomic E-state index is 12.2. The van der Waals surface area contributed by atoms with E-state index < -0.39 is 6.04 Å². The highest BCUT2D eigenvalue weighted by atomic mass is 16.2. The highest BCUT2D eigenvalue weighted by Gasteiger charge is 2.26. The predicted octanol–water partition coefficient (Wildman–Crippen LogP) is 0.481. The molecule has 0 unspecified atom stereocenters. The van der Waals surface area contributed by atoms with Crippen molar-refractivity contribution in [2.24, 2.45) is 5.92 Å². The number of carbonyl (C=O) groups excluding carboxylic acids is 2. The lowest BCUT2D eigenvalue weighted by Gasteiger charge is -2.28. The molecule has 1 aliphatic rings. The van der Waals surface area contributed by atoms with Crippen LogP contribution in [-0.2, 0) is 16.1 Å². The van der Waals surface area contributed by atoms with E-state index in [0.717, 1.165) is 30.6 Å². The van der Waals surface area contributed by atoms with E-state index in [2.05, 4.69) is 27.9 Å². The number of rotatable bonds is 5. The van der Waals surface area contributed by atoms with Gasteiger partial charge in [-0.15, -0.1) is 0 Å². The van der Waals surface area contributed by atoms with Gasteiger partial charge in [-0.2, -0.15) is 0 Å². The lowest BCUT2D eigenvalue weighted by atomic mass is 9.94. The van der Waals surface area contributed by atoms with Gasteiger partial charge in [0.2, 0.25) is 11.8 Å². The summed E-state index contributed by atoms with van der Waals surface area (Å²) in [6, 6.07) is 2.75. The van der Waals surface area contributed by atoms with Crippen LogP contribution in [0.3, 0.4) is 0 Å². The predicted molar refractivity (Wildman–Crippen MR) is 93.0 cm³/mol. The first-order chi connectivity index (χ1) is 11.4. The number of amides is 2. The summed E-state index contributed by atoms with van der Waals surface area (Å²) in [6.07, 6.45) is 1.88. The number of anilines is 1. The van der Waals surface area contributed by atoms with Gasteiger partial charge in [0, 0.05) is 12.2 Å². The third-order valence-corrected chi connectivity index (χ3v) is 4.40. The molecule has 132 valence electrons. The zero-order valence-corrected chi connectivity index (χ0v) is 14.6. The van der Waals surface area contributed by atoms with E-state index in [0.29, 0.717) is 18.3 Å². The van der Waals surface area contributed by atoms with Gasteiger partial charge in [0.25, 0.3) is 0 Å². The van der Waals surface area contributed by atoms with Crippen LogP contribution in [0, 0.1) is 12.8 Å². The molecule has 3 atom stereocenters. The number of nitrogens with two attached hydrogens (primary N) is 1. The highest BCUT2D eigenvalue weighted by Crippen LogP contribution is 2.15. The first-order valence-corrected chi connectivity index (χ1v) is 8.40. The fourth-order valence-corrected chi connectivity index (χ4v) is 2.82. The molecule has 1 aromatic rings. The number of hydrogen-bond acceptors (Lipinski definition) is 5. The largest absolute Gasteiger partial charge is 0.384 e. The Kier molecular flexibility index (Phi) is 6.14. The molecule has 5 N–H and O–H groups in total. The minimum absolute atomic E-state index is 0.116. The summed E-state index contributed by atoms with van der Waals surface area (Å²) < 4.78 is 0. The van der Waals surface area contributed by atoms with Crippen molar-refractivity contribution in [1.29, 1.82) is 0 Å². The van der Waals surface area contributed by atoms with E-state index in [9.17, 15) is 9.59 Å².